The average Bonchev–Trinajstić information content (AvgIpc) is 3.17. The summed E-state index contributed by atoms with van der Waals surface area (Å²) in [6.45, 7) is 0. The van der Waals surface area contributed by atoms with E-state index in [1.54, 1.807) is 24.3 Å². The lowest BCUT2D eigenvalue weighted by atomic mass is 9.97. The van der Waals surface area contributed by atoms with E-state index in [1.807, 2.05) is 0 Å². The van der Waals surface area contributed by atoms with E-state index < -0.39 is 35.5 Å². The average molecular weight is 449 g/mol. The Kier molecular flexibility index (Phi) is 6.83. The van der Waals surface area contributed by atoms with Crippen molar-refractivity contribution < 1.29 is 23.6 Å². The number of nitrogens with one attached hydrogen (secondary N) is 2. The van der Waals surface area contributed by atoms with Crippen LogP contribution in [0.3, 0.4) is 0 Å². The topological polar surface area (TPSA) is 151 Å². The zero-order chi connectivity index (χ0) is 22.5. The molecule has 162 valence electrons. The number of aromatic amines is 1. The van der Waals surface area contributed by atoms with Crippen LogP contribution in [-0.4, -0.2) is 39.2 Å². The molecule has 2 aromatic carbocycles. The fourth-order valence-corrected chi connectivity index (χ4v) is 3.18. The third-order valence-electron chi connectivity index (χ3n) is 4.52. The van der Waals surface area contributed by atoms with Gasteiger partial charge in [-0.2, -0.15) is 0 Å². The third kappa shape index (κ3) is 5.77. The van der Waals surface area contributed by atoms with Crippen molar-refractivity contribution in [3.05, 3.63) is 75.2 Å². The summed E-state index contributed by atoms with van der Waals surface area (Å²) in [6, 6.07) is 9.16. The predicted octanol–water partition coefficient (Wildman–Crippen LogP) is 1.97. The van der Waals surface area contributed by atoms with E-state index in [-0.39, 0.29) is 18.7 Å². The van der Waals surface area contributed by atoms with Gasteiger partial charge in [0.05, 0.1) is 0 Å². The zero-order valence-corrected chi connectivity index (χ0v) is 16.7. The Labute approximate surface area is 180 Å². The lowest BCUT2D eigenvalue weighted by Crippen LogP contribution is -2.43. The Hall–Kier alpha value is -3.50. The molecule has 0 saturated heterocycles. The second-order valence-electron chi connectivity index (χ2n) is 6.82. The summed E-state index contributed by atoms with van der Waals surface area (Å²) in [5.74, 6) is -3.62. The first-order valence-corrected chi connectivity index (χ1v) is 9.50. The van der Waals surface area contributed by atoms with E-state index in [4.69, 9.17) is 22.4 Å². The number of aliphatic carboxylic acids is 1. The maximum absolute atomic E-state index is 14.1. The molecule has 2 atom stereocenters. The number of carbonyl (C=O) groups excluding carboxylic acids is 1. The number of aromatic nitrogens is 2. The Morgan fingerprint density at radius 3 is 2.58 bits per heavy atom. The van der Waals surface area contributed by atoms with Crippen LogP contribution in [0.15, 0.2) is 51.8 Å². The Balaban J connectivity index is 1.78. The number of amides is 1. The van der Waals surface area contributed by atoms with E-state index in [9.17, 15) is 18.8 Å². The monoisotopic (exact) mass is 448 g/mol. The SMILES string of the molecule is N[C@@H](C[C@@H](Cc1ccc(-c2cc(Cl)ccc2F)cc1)NC(=O)c1noc(=O)[nH]1)C(=O)O. The number of H-pyrrole nitrogens is 1. The van der Waals surface area contributed by atoms with Gasteiger partial charge >= 0.3 is 11.7 Å². The summed E-state index contributed by atoms with van der Waals surface area (Å²) in [7, 11) is 0. The fraction of sp³-hybridized carbons (Fsp3) is 0.200. The number of hydrogen-bond donors (Lipinski definition) is 4. The normalized spacial score (nSPS) is 12.9. The molecule has 5 N–H and O–H groups in total. The highest BCUT2D eigenvalue weighted by Crippen LogP contribution is 2.26. The molecule has 0 radical (unpaired) electrons. The van der Waals surface area contributed by atoms with Gasteiger partial charge in [-0.3, -0.25) is 19.1 Å². The Morgan fingerprint density at radius 2 is 1.97 bits per heavy atom. The number of carboxylic acid groups (broad SMARTS) is 1. The van der Waals surface area contributed by atoms with Gasteiger partial charge < -0.3 is 16.2 Å². The third-order valence-corrected chi connectivity index (χ3v) is 4.76. The van der Waals surface area contributed by atoms with Gasteiger partial charge in [-0.05, 0) is 47.3 Å². The lowest BCUT2D eigenvalue weighted by Gasteiger charge is -2.20. The minimum absolute atomic E-state index is 0.0756. The second kappa shape index (κ2) is 9.54. The standard InChI is InChI=1S/C20H18ClFN4O5/c21-12-5-6-15(22)14(8-12)11-3-1-10(2-4-11)7-13(9-16(23)19(28)29)24-18(27)17-25-20(30)31-26-17/h1-6,8,13,16H,7,9,23H2,(H,24,27)(H,28,29)(H,25,26,30)/t13-,16+/m1/s1. The van der Waals surface area contributed by atoms with Gasteiger partial charge in [-0.15, -0.1) is 0 Å². The maximum atomic E-state index is 14.1. The number of nitrogens with two attached hydrogens (primary N) is 1. The summed E-state index contributed by atoms with van der Waals surface area (Å²) in [4.78, 5) is 36.6. The van der Waals surface area contributed by atoms with Gasteiger partial charge in [0.15, 0.2) is 0 Å². The molecule has 0 bridgehead atoms. The molecule has 0 fully saturated rings. The lowest BCUT2D eigenvalue weighted by molar-refractivity contribution is -0.138. The van der Waals surface area contributed by atoms with Crippen LogP contribution in [-0.2, 0) is 11.2 Å². The predicted molar refractivity (Wildman–Crippen MR) is 109 cm³/mol. The summed E-state index contributed by atoms with van der Waals surface area (Å²) in [5.41, 5.74) is 7.31. The quantitative estimate of drug-likeness (QED) is 0.411. The van der Waals surface area contributed by atoms with Gasteiger partial charge in [-0.1, -0.05) is 35.9 Å². The Morgan fingerprint density at radius 1 is 1.26 bits per heavy atom. The molecule has 1 amide bonds. The minimum Gasteiger partial charge on any atom is -0.480 e. The number of carbonyl (C=O) groups is 2. The highest BCUT2D eigenvalue weighted by atomic mass is 35.5. The molecule has 1 heterocycles. The van der Waals surface area contributed by atoms with Crippen LogP contribution >= 0.6 is 11.6 Å². The number of halogens is 2. The van der Waals surface area contributed by atoms with Crippen LogP contribution in [0.1, 0.15) is 22.6 Å². The molecule has 1 aromatic heterocycles. The zero-order valence-electron chi connectivity index (χ0n) is 16.0. The summed E-state index contributed by atoms with van der Waals surface area (Å²) < 4.78 is 18.4. The van der Waals surface area contributed by atoms with E-state index in [0.717, 1.165) is 5.56 Å². The van der Waals surface area contributed by atoms with Crippen molar-refractivity contribution in [1.82, 2.24) is 15.5 Å². The number of carboxylic acids is 1. The van der Waals surface area contributed by atoms with Crippen molar-refractivity contribution in [2.75, 3.05) is 0 Å². The van der Waals surface area contributed by atoms with Crippen LogP contribution in [0.4, 0.5) is 4.39 Å². The van der Waals surface area contributed by atoms with Crippen molar-refractivity contribution in [2.45, 2.75) is 24.9 Å². The molecule has 0 aliphatic rings. The van der Waals surface area contributed by atoms with Crippen molar-refractivity contribution >= 4 is 23.5 Å². The molecule has 0 aliphatic carbocycles. The highest BCUT2D eigenvalue weighted by molar-refractivity contribution is 6.30. The second-order valence-corrected chi connectivity index (χ2v) is 7.26. The summed E-state index contributed by atoms with van der Waals surface area (Å²) >= 11 is 5.94. The number of benzene rings is 2. The van der Waals surface area contributed by atoms with Gasteiger partial charge in [0.2, 0.25) is 5.82 Å². The van der Waals surface area contributed by atoms with Crippen LogP contribution in [0.5, 0.6) is 0 Å². The van der Waals surface area contributed by atoms with Crippen LogP contribution in [0.25, 0.3) is 11.1 Å². The first-order valence-electron chi connectivity index (χ1n) is 9.12. The Bertz CT molecular complexity index is 1140. The van der Waals surface area contributed by atoms with Crippen molar-refractivity contribution in [2.24, 2.45) is 5.73 Å². The smallest absolute Gasteiger partial charge is 0.439 e. The van der Waals surface area contributed by atoms with E-state index in [0.29, 0.717) is 16.1 Å². The van der Waals surface area contributed by atoms with Gasteiger partial charge in [0.25, 0.3) is 5.91 Å². The molecular weight excluding hydrogens is 431 g/mol. The van der Waals surface area contributed by atoms with E-state index >= 15 is 0 Å². The van der Waals surface area contributed by atoms with E-state index in [2.05, 4.69) is 20.0 Å². The van der Waals surface area contributed by atoms with Crippen LogP contribution < -0.4 is 16.8 Å². The fourth-order valence-electron chi connectivity index (χ4n) is 3.01. The van der Waals surface area contributed by atoms with Gasteiger partial charge in [-0.25, -0.2) is 9.18 Å². The van der Waals surface area contributed by atoms with E-state index in [1.165, 1.54) is 18.2 Å². The number of hydrogen-bond acceptors (Lipinski definition) is 6. The molecule has 3 aromatic rings. The molecular formula is C20H18ClFN4O5. The minimum atomic E-state index is -1.22. The highest BCUT2D eigenvalue weighted by Gasteiger charge is 2.23. The van der Waals surface area contributed by atoms with Gasteiger partial charge in [0, 0.05) is 16.6 Å². The van der Waals surface area contributed by atoms with Crippen molar-refractivity contribution in [3.63, 3.8) is 0 Å². The van der Waals surface area contributed by atoms with Crippen LogP contribution in [0, 0.1) is 5.82 Å². The molecule has 0 aliphatic heterocycles. The molecule has 31 heavy (non-hydrogen) atoms. The van der Waals surface area contributed by atoms with Crippen LogP contribution in [0.2, 0.25) is 5.02 Å². The molecule has 0 spiro atoms. The van der Waals surface area contributed by atoms with Crippen molar-refractivity contribution in [3.8, 4) is 11.1 Å². The summed E-state index contributed by atoms with van der Waals surface area (Å²) in [6.07, 6.45) is 0.154. The first kappa shape index (κ1) is 22.2. The summed E-state index contributed by atoms with van der Waals surface area (Å²) in [5, 5.41) is 15.4. The molecule has 11 heteroatoms. The number of nitrogens with zero attached hydrogens (tertiary/aromatic N) is 1. The molecule has 3 rings (SSSR count). The van der Waals surface area contributed by atoms with Gasteiger partial charge in [0.1, 0.15) is 11.9 Å². The maximum Gasteiger partial charge on any atom is 0.439 e. The molecule has 0 unspecified atom stereocenters. The largest absolute Gasteiger partial charge is 0.480 e. The first-order chi connectivity index (χ1) is 14.7. The van der Waals surface area contributed by atoms with Crippen molar-refractivity contribution in [1.29, 1.82) is 0 Å². The molecule has 0 saturated carbocycles. The number of rotatable bonds is 8. The molecule has 9 nitrogen and oxygen atoms in total.